The molecule has 2 unspecified atom stereocenters. The average molecular weight is 288 g/mol. The van der Waals surface area contributed by atoms with Gasteiger partial charge in [0, 0.05) is 17.8 Å². The summed E-state index contributed by atoms with van der Waals surface area (Å²) in [5.74, 6) is -1.41. The van der Waals surface area contributed by atoms with Crippen LogP contribution in [0, 0.1) is 5.92 Å². The Bertz CT molecular complexity index is 641. The van der Waals surface area contributed by atoms with Crippen molar-refractivity contribution in [2.75, 3.05) is 11.9 Å². The number of hydrogen-bond acceptors (Lipinski definition) is 3. The lowest BCUT2D eigenvalue weighted by Crippen LogP contribution is -2.42. The fourth-order valence-electron chi connectivity index (χ4n) is 3.06. The molecule has 0 aliphatic carbocycles. The molecule has 1 saturated heterocycles. The van der Waals surface area contributed by atoms with Crippen molar-refractivity contribution >= 4 is 23.5 Å². The normalized spacial score (nSPS) is 23.9. The number of nitrogens with zero attached hydrogens (tertiary/aromatic N) is 1. The van der Waals surface area contributed by atoms with Gasteiger partial charge in [0.25, 0.3) is 5.91 Å². The van der Waals surface area contributed by atoms with Crippen molar-refractivity contribution in [1.29, 1.82) is 0 Å². The van der Waals surface area contributed by atoms with Crippen LogP contribution in [-0.4, -0.2) is 40.4 Å². The minimum atomic E-state index is -0.970. The molecule has 6 nitrogen and oxygen atoms in total. The van der Waals surface area contributed by atoms with Crippen LogP contribution in [-0.2, 0) is 16.0 Å². The van der Waals surface area contributed by atoms with Crippen molar-refractivity contribution < 1.29 is 19.5 Å². The number of carbonyl (C=O) groups is 3. The summed E-state index contributed by atoms with van der Waals surface area (Å²) in [5.41, 5.74) is 1.92. The number of carboxylic acids is 1. The number of anilines is 1. The Kier molecular flexibility index (Phi) is 3.16. The molecule has 1 fully saturated rings. The molecule has 2 aliphatic heterocycles. The summed E-state index contributed by atoms with van der Waals surface area (Å²) >= 11 is 0. The summed E-state index contributed by atoms with van der Waals surface area (Å²) in [6, 6.07) is 4.25. The van der Waals surface area contributed by atoms with Crippen molar-refractivity contribution in [3.8, 4) is 0 Å². The average Bonchev–Trinajstić information content (AvgIpc) is 2.98. The van der Waals surface area contributed by atoms with E-state index >= 15 is 0 Å². The van der Waals surface area contributed by atoms with Crippen LogP contribution >= 0.6 is 0 Å². The van der Waals surface area contributed by atoms with Crippen molar-refractivity contribution in [3.05, 3.63) is 29.3 Å². The number of benzene rings is 1. The van der Waals surface area contributed by atoms with Crippen LogP contribution in [0.1, 0.15) is 29.3 Å². The molecule has 0 aromatic heterocycles. The zero-order valence-corrected chi connectivity index (χ0v) is 11.6. The van der Waals surface area contributed by atoms with E-state index in [0.717, 1.165) is 5.56 Å². The lowest BCUT2D eigenvalue weighted by Gasteiger charge is -2.23. The number of carbonyl (C=O) groups excluding carboxylic acids is 2. The monoisotopic (exact) mass is 288 g/mol. The van der Waals surface area contributed by atoms with Crippen LogP contribution in [0.2, 0.25) is 0 Å². The van der Waals surface area contributed by atoms with E-state index in [2.05, 4.69) is 5.32 Å². The maximum absolute atomic E-state index is 12.5. The zero-order valence-electron chi connectivity index (χ0n) is 11.6. The fourth-order valence-corrected chi connectivity index (χ4v) is 3.06. The first-order valence-electron chi connectivity index (χ1n) is 6.94. The molecule has 1 aromatic carbocycles. The molecule has 110 valence electrons. The van der Waals surface area contributed by atoms with Crippen molar-refractivity contribution in [3.63, 3.8) is 0 Å². The highest BCUT2D eigenvalue weighted by Crippen LogP contribution is 2.28. The molecule has 6 heteroatoms. The number of rotatable bonds is 2. The largest absolute Gasteiger partial charge is 0.480 e. The molecule has 2 amide bonds. The fraction of sp³-hybridized carbons (Fsp3) is 0.400. The first-order chi connectivity index (χ1) is 9.97. The van der Waals surface area contributed by atoms with Gasteiger partial charge in [-0.2, -0.15) is 0 Å². The first kappa shape index (κ1) is 13.6. The van der Waals surface area contributed by atoms with Gasteiger partial charge in [0.1, 0.15) is 6.04 Å². The lowest BCUT2D eigenvalue weighted by atomic mass is 10.0. The van der Waals surface area contributed by atoms with Gasteiger partial charge in [0.05, 0.1) is 6.42 Å². The van der Waals surface area contributed by atoms with E-state index in [1.165, 1.54) is 4.90 Å². The molecule has 1 aromatic rings. The summed E-state index contributed by atoms with van der Waals surface area (Å²) < 4.78 is 0. The molecule has 0 bridgehead atoms. The topological polar surface area (TPSA) is 86.7 Å². The molecule has 2 heterocycles. The maximum Gasteiger partial charge on any atom is 0.326 e. The molecule has 2 N–H and O–H groups in total. The Morgan fingerprint density at radius 2 is 2.14 bits per heavy atom. The van der Waals surface area contributed by atoms with E-state index in [9.17, 15) is 19.5 Å². The maximum atomic E-state index is 12.5. The number of amides is 2. The molecule has 0 radical (unpaired) electrons. The van der Waals surface area contributed by atoms with Crippen molar-refractivity contribution in [1.82, 2.24) is 4.90 Å². The van der Waals surface area contributed by atoms with E-state index < -0.39 is 12.0 Å². The van der Waals surface area contributed by atoms with Gasteiger partial charge in [0.2, 0.25) is 5.91 Å². The molecular weight excluding hydrogens is 272 g/mol. The summed E-state index contributed by atoms with van der Waals surface area (Å²) in [4.78, 5) is 36.6. The standard InChI is InChI=1S/C15H16N2O4/c1-8-4-5-17(13(8)15(20)21)14(19)10-3-2-9-7-12(18)16-11(9)6-10/h2-3,6,8,13H,4-5,7H2,1H3,(H,16,18)(H,20,21). The molecule has 0 saturated carbocycles. The van der Waals surface area contributed by atoms with Crippen LogP contribution in [0.4, 0.5) is 5.69 Å². The number of likely N-dealkylation sites (tertiary alicyclic amines) is 1. The third-order valence-corrected chi connectivity index (χ3v) is 4.20. The predicted octanol–water partition coefficient (Wildman–Crippen LogP) is 1.12. The highest BCUT2D eigenvalue weighted by atomic mass is 16.4. The van der Waals surface area contributed by atoms with Gasteiger partial charge in [-0.05, 0) is 30.0 Å². The number of aliphatic carboxylic acids is 1. The van der Waals surface area contributed by atoms with E-state index in [-0.39, 0.29) is 17.7 Å². The highest BCUT2D eigenvalue weighted by molar-refractivity contribution is 6.03. The smallest absolute Gasteiger partial charge is 0.326 e. The van der Waals surface area contributed by atoms with Crippen LogP contribution in [0.3, 0.4) is 0 Å². The minimum absolute atomic E-state index is 0.0550. The molecule has 21 heavy (non-hydrogen) atoms. The Balaban J connectivity index is 1.88. The quantitative estimate of drug-likeness (QED) is 0.853. The third-order valence-electron chi connectivity index (χ3n) is 4.20. The Morgan fingerprint density at radius 1 is 1.38 bits per heavy atom. The first-order valence-corrected chi connectivity index (χ1v) is 6.94. The van der Waals surface area contributed by atoms with E-state index in [1.54, 1.807) is 18.2 Å². The molecular formula is C15H16N2O4. The van der Waals surface area contributed by atoms with Gasteiger partial charge >= 0.3 is 5.97 Å². The Hall–Kier alpha value is -2.37. The Labute approximate surface area is 121 Å². The van der Waals surface area contributed by atoms with Crippen LogP contribution in [0.15, 0.2) is 18.2 Å². The minimum Gasteiger partial charge on any atom is -0.480 e. The van der Waals surface area contributed by atoms with Gasteiger partial charge in [-0.1, -0.05) is 13.0 Å². The summed E-state index contributed by atoms with van der Waals surface area (Å²) in [6.45, 7) is 2.29. The second kappa shape index (κ2) is 4.87. The lowest BCUT2D eigenvalue weighted by molar-refractivity contribution is -0.142. The summed E-state index contributed by atoms with van der Waals surface area (Å²) in [5, 5.41) is 12.0. The molecule has 3 rings (SSSR count). The molecule has 2 atom stereocenters. The highest BCUT2D eigenvalue weighted by Gasteiger charge is 2.39. The molecule has 0 spiro atoms. The number of hydrogen-bond donors (Lipinski definition) is 2. The third kappa shape index (κ3) is 2.26. The van der Waals surface area contributed by atoms with Crippen LogP contribution < -0.4 is 5.32 Å². The number of nitrogens with one attached hydrogen (secondary N) is 1. The summed E-state index contributed by atoms with van der Waals surface area (Å²) in [6.07, 6.45) is 1.01. The van der Waals surface area contributed by atoms with Crippen LogP contribution in [0.25, 0.3) is 0 Å². The van der Waals surface area contributed by atoms with E-state index in [0.29, 0.717) is 30.6 Å². The number of carboxylic acid groups (broad SMARTS) is 1. The zero-order chi connectivity index (χ0) is 15.1. The van der Waals surface area contributed by atoms with E-state index in [4.69, 9.17) is 0 Å². The second-order valence-corrected chi connectivity index (χ2v) is 5.64. The Morgan fingerprint density at radius 3 is 2.86 bits per heavy atom. The summed E-state index contributed by atoms with van der Waals surface area (Å²) in [7, 11) is 0. The van der Waals surface area contributed by atoms with Crippen LogP contribution in [0.5, 0.6) is 0 Å². The van der Waals surface area contributed by atoms with E-state index in [1.807, 2.05) is 6.92 Å². The van der Waals surface area contributed by atoms with Crippen molar-refractivity contribution in [2.45, 2.75) is 25.8 Å². The SMILES string of the molecule is CC1CCN(C(=O)c2ccc3c(c2)NC(=O)C3)C1C(=O)O. The van der Waals surface area contributed by atoms with Gasteiger partial charge in [0.15, 0.2) is 0 Å². The van der Waals surface area contributed by atoms with Gasteiger partial charge in [-0.15, -0.1) is 0 Å². The molecule has 2 aliphatic rings. The van der Waals surface area contributed by atoms with Gasteiger partial charge in [-0.3, -0.25) is 9.59 Å². The van der Waals surface area contributed by atoms with Gasteiger partial charge < -0.3 is 15.3 Å². The second-order valence-electron chi connectivity index (χ2n) is 5.64. The number of fused-ring (bicyclic) bond motifs is 1. The van der Waals surface area contributed by atoms with Crippen molar-refractivity contribution in [2.24, 2.45) is 5.92 Å². The van der Waals surface area contributed by atoms with Gasteiger partial charge in [-0.25, -0.2) is 4.79 Å². The predicted molar refractivity (Wildman–Crippen MR) is 75.0 cm³/mol.